The third-order valence-corrected chi connectivity index (χ3v) is 4.88. The van der Waals surface area contributed by atoms with Gasteiger partial charge in [0.1, 0.15) is 13.2 Å². The van der Waals surface area contributed by atoms with Crippen molar-refractivity contribution in [2.24, 2.45) is 0 Å². The van der Waals surface area contributed by atoms with Gasteiger partial charge in [0.15, 0.2) is 11.5 Å². The Hall–Kier alpha value is -1.00. The third-order valence-electron chi connectivity index (χ3n) is 3.36. The van der Waals surface area contributed by atoms with E-state index in [9.17, 15) is 0 Å². The van der Waals surface area contributed by atoms with E-state index in [2.05, 4.69) is 69.1 Å². The molecule has 104 valence electrons. The van der Waals surface area contributed by atoms with Crippen LogP contribution < -0.4 is 9.47 Å². The Balaban J connectivity index is 1.95. The first-order valence-corrected chi connectivity index (χ1v) is 8.15. The minimum atomic E-state index is 0.145. The SMILES string of the molecule is Cc1cc(Br)ccc1C(Br)c1ccc2c(c1)OCCO2. The normalized spacial score (nSPS) is 14.9. The molecule has 4 heteroatoms. The molecule has 0 N–H and O–H groups in total. The van der Waals surface area contributed by atoms with E-state index in [4.69, 9.17) is 9.47 Å². The molecular formula is C16H14Br2O2. The van der Waals surface area contributed by atoms with Crippen molar-refractivity contribution in [1.29, 1.82) is 0 Å². The summed E-state index contributed by atoms with van der Waals surface area (Å²) in [5.41, 5.74) is 3.67. The quantitative estimate of drug-likeness (QED) is 0.663. The number of fused-ring (bicyclic) bond motifs is 1. The molecule has 1 aliphatic heterocycles. The van der Waals surface area contributed by atoms with Crippen LogP contribution in [0, 0.1) is 6.92 Å². The molecule has 0 fully saturated rings. The molecule has 1 atom stereocenters. The minimum absolute atomic E-state index is 0.145. The first-order chi connectivity index (χ1) is 9.65. The Morgan fingerprint density at radius 1 is 1.00 bits per heavy atom. The maximum atomic E-state index is 5.65. The number of rotatable bonds is 2. The molecule has 20 heavy (non-hydrogen) atoms. The number of aryl methyl sites for hydroxylation is 1. The van der Waals surface area contributed by atoms with E-state index in [0.717, 1.165) is 16.0 Å². The zero-order valence-corrected chi connectivity index (χ0v) is 14.2. The van der Waals surface area contributed by atoms with Gasteiger partial charge in [-0.2, -0.15) is 0 Å². The van der Waals surface area contributed by atoms with E-state index in [1.165, 1.54) is 16.7 Å². The molecule has 1 aliphatic rings. The largest absolute Gasteiger partial charge is 0.486 e. The van der Waals surface area contributed by atoms with Crippen LogP contribution in [0.15, 0.2) is 40.9 Å². The average Bonchev–Trinajstić information content (AvgIpc) is 2.46. The van der Waals surface area contributed by atoms with Gasteiger partial charge < -0.3 is 9.47 Å². The fraction of sp³-hybridized carbons (Fsp3) is 0.250. The molecule has 0 aliphatic carbocycles. The maximum Gasteiger partial charge on any atom is 0.161 e. The predicted molar refractivity (Wildman–Crippen MR) is 87.1 cm³/mol. The zero-order valence-electron chi connectivity index (χ0n) is 11.0. The lowest BCUT2D eigenvalue weighted by Gasteiger charge is -2.21. The monoisotopic (exact) mass is 396 g/mol. The van der Waals surface area contributed by atoms with Crippen molar-refractivity contribution >= 4 is 31.9 Å². The summed E-state index contributed by atoms with van der Waals surface area (Å²) in [5.74, 6) is 1.65. The average molecular weight is 398 g/mol. The summed E-state index contributed by atoms with van der Waals surface area (Å²) in [6, 6.07) is 12.4. The molecule has 1 unspecified atom stereocenters. The van der Waals surface area contributed by atoms with Crippen molar-refractivity contribution < 1.29 is 9.47 Å². The van der Waals surface area contributed by atoms with Gasteiger partial charge >= 0.3 is 0 Å². The second-order valence-electron chi connectivity index (χ2n) is 4.77. The van der Waals surface area contributed by atoms with E-state index in [1.807, 2.05) is 6.07 Å². The van der Waals surface area contributed by atoms with Gasteiger partial charge in [0.05, 0.1) is 4.83 Å². The van der Waals surface area contributed by atoms with Crippen molar-refractivity contribution in [3.8, 4) is 11.5 Å². The highest BCUT2D eigenvalue weighted by Crippen LogP contribution is 2.39. The van der Waals surface area contributed by atoms with Gasteiger partial charge in [-0.25, -0.2) is 0 Å². The number of benzene rings is 2. The van der Waals surface area contributed by atoms with Gasteiger partial charge in [-0.15, -0.1) is 0 Å². The molecule has 0 amide bonds. The molecule has 2 nitrogen and oxygen atoms in total. The third kappa shape index (κ3) is 2.72. The number of ether oxygens (including phenoxy) is 2. The van der Waals surface area contributed by atoms with Crippen LogP contribution in [-0.2, 0) is 0 Å². The molecule has 0 saturated heterocycles. The van der Waals surface area contributed by atoms with E-state index >= 15 is 0 Å². The van der Waals surface area contributed by atoms with Crippen LogP contribution in [0.5, 0.6) is 11.5 Å². The van der Waals surface area contributed by atoms with Gasteiger partial charge in [-0.1, -0.05) is 44.0 Å². The highest BCUT2D eigenvalue weighted by molar-refractivity contribution is 9.10. The number of alkyl halides is 1. The van der Waals surface area contributed by atoms with E-state index in [-0.39, 0.29) is 4.83 Å². The molecule has 0 bridgehead atoms. The Kier molecular flexibility index (Phi) is 4.03. The summed E-state index contributed by atoms with van der Waals surface area (Å²) in [4.78, 5) is 0.145. The molecular weight excluding hydrogens is 384 g/mol. The summed E-state index contributed by atoms with van der Waals surface area (Å²) in [6.07, 6.45) is 0. The summed E-state index contributed by atoms with van der Waals surface area (Å²) in [6.45, 7) is 3.35. The molecule has 2 aromatic rings. The first kappa shape index (κ1) is 14.0. The molecule has 0 spiro atoms. The van der Waals surface area contributed by atoms with E-state index in [0.29, 0.717) is 13.2 Å². The van der Waals surface area contributed by atoms with Crippen molar-refractivity contribution in [2.45, 2.75) is 11.8 Å². The molecule has 0 radical (unpaired) electrons. The zero-order chi connectivity index (χ0) is 14.1. The smallest absolute Gasteiger partial charge is 0.161 e. The second kappa shape index (κ2) is 5.78. The lowest BCUT2D eigenvalue weighted by Crippen LogP contribution is -2.15. The summed E-state index contributed by atoms with van der Waals surface area (Å²) in [7, 11) is 0. The van der Waals surface area contributed by atoms with Crippen LogP contribution in [0.2, 0.25) is 0 Å². The highest BCUT2D eigenvalue weighted by Gasteiger charge is 2.17. The van der Waals surface area contributed by atoms with Crippen LogP contribution in [0.4, 0.5) is 0 Å². The van der Waals surface area contributed by atoms with Crippen LogP contribution >= 0.6 is 31.9 Å². The number of hydrogen-bond acceptors (Lipinski definition) is 2. The van der Waals surface area contributed by atoms with Crippen LogP contribution in [0.1, 0.15) is 21.5 Å². The highest BCUT2D eigenvalue weighted by atomic mass is 79.9. The van der Waals surface area contributed by atoms with Crippen molar-refractivity contribution in [3.05, 3.63) is 57.6 Å². The molecule has 1 heterocycles. The topological polar surface area (TPSA) is 18.5 Å². The fourth-order valence-corrected chi connectivity index (χ4v) is 3.59. The fourth-order valence-electron chi connectivity index (χ4n) is 2.32. The molecule has 0 aromatic heterocycles. The van der Waals surface area contributed by atoms with Gasteiger partial charge in [0.25, 0.3) is 0 Å². The van der Waals surface area contributed by atoms with Crippen LogP contribution in [-0.4, -0.2) is 13.2 Å². The predicted octanol–water partition coefficient (Wildman–Crippen LogP) is 5.01. The summed E-state index contributed by atoms with van der Waals surface area (Å²) in [5, 5.41) is 0. The molecule has 3 rings (SSSR count). The Morgan fingerprint density at radius 2 is 1.75 bits per heavy atom. The Labute approximate surface area is 135 Å². The molecule has 0 saturated carbocycles. The van der Waals surface area contributed by atoms with Gasteiger partial charge in [-0.05, 0) is 47.9 Å². The standard InChI is InChI=1S/C16H14Br2O2/c1-10-8-12(17)3-4-13(10)16(18)11-2-5-14-15(9-11)20-7-6-19-14/h2-5,8-9,16H,6-7H2,1H3. The Bertz CT molecular complexity index is 640. The lowest BCUT2D eigenvalue weighted by molar-refractivity contribution is 0.171. The maximum absolute atomic E-state index is 5.65. The van der Waals surface area contributed by atoms with Crippen LogP contribution in [0.25, 0.3) is 0 Å². The lowest BCUT2D eigenvalue weighted by atomic mass is 10.00. The van der Waals surface area contributed by atoms with E-state index < -0.39 is 0 Å². The van der Waals surface area contributed by atoms with Crippen molar-refractivity contribution in [1.82, 2.24) is 0 Å². The number of hydrogen-bond donors (Lipinski definition) is 0. The van der Waals surface area contributed by atoms with E-state index in [1.54, 1.807) is 0 Å². The molecule has 2 aromatic carbocycles. The van der Waals surface area contributed by atoms with Crippen LogP contribution in [0.3, 0.4) is 0 Å². The van der Waals surface area contributed by atoms with Crippen molar-refractivity contribution in [3.63, 3.8) is 0 Å². The van der Waals surface area contributed by atoms with Gasteiger partial charge in [-0.3, -0.25) is 0 Å². The van der Waals surface area contributed by atoms with Crippen molar-refractivity contribution in [2.75, 3.05) is 13.2 Å². The Morgan fingerprint density at radius 3 is 2.50 bits per heavy atom. The first-order valence-electron chi connectivity index (χ1n) is 6.45. The minimum Gasteiger partial charge on any atom is -0.486 e. The summed E-state index contributed by atoms with van der Waals surface area (Å²) < 4.78 is 12.3. The number of halogens is 2. The summed E-state index contributed by atoms with van der Waals surface area (Å²) >= 11 is 7.28. The second-order valence-corrected chi connectivity index (χ2v) is 6.60. The van der Waals surface area contributed by atoms with Gasteiger partial charge in [0, 0.05) is 4.47 Å². The van der Waals surface area contributed by atoms with Gasteiger partial charge in [0.2, 0.25) is 0 Å².